The highest BCUT2D eigenvalue weighted by molar-refractivity contribution is 6.08. The van der Waals surface area contributed by atoms with Crippen molar-refractivity contribution in [3.63, 3.8) is 0 Å². The lowest BCUT2D eigenvalue weighted by atomic mass is 9.91. The van der Waals surface area contributed by atoms with Crippen molar-refractivity contribution in [3.8, 4) is 0 Å². The molecule has 2 fully saturated rings. The lowest BCUT2D eigenvalue weighted by molar-refractivity contribution is -0.129. The molecule has 5 heteroatoms. The summed E-state index contributed by atoms with van der Waals surface area (Å²) < 4.78 is 0. The molecule has 0 aromatic rings. The number of likely N-dealkylation sites (N-methyl/N-ethyl adjacent to an activating group) is 1. The summed E-state index contributed by atoms with van der Waals surface area (Å²) in [5, 5.41) is 4.82. The Labute approximate surface area is 63.7 Å². The Kier molecular flexibility index (Phi) is 1.04. The van der Waals surface area contributed by atoms with Crippen molar-refractivity contribution >= 4 is 11.9 Å². The standard InChI is InChI=1S/C6H9N3O2/c1-9-2-6(3-9)4(10)7-5(11)8-6/h2-3H2,1H3,(H2,7,8,10,11). The van der Waals surface area contributed by atoms with Gasteiger partial charge in [-0.15, -0.1) is 0 Å². The van der Waals surface area contributed by atoms with Crippen molar-refractivity contribution in [2.75, 3.05) is 20.1 Å². The summed E-state index contributed by atoms with van der Waals surface area (Å²) in [5.74, 6) is -0.194. The Morgan fingerprint density at radius 3 is 2.45 bits per heavy atom. The van der Waals surface area contributed by atoms with Crippen LogP contribution in [-0.2, 0) is 4.79 Å². The van der Waals surface area contributed by atoms with Gasteiger partial charge in [-0.2, -0.15) is 0 Å². The van der Waals surface area contributed by atoms with Gasteiger partial charge >= 0.3 is 6.03 Å². The lowest BCUT2D eigenvalue weighted by Gasteiger charge is -2.42. The number of amides is 3. The first kappa shape index (κ1) is 6.60. The van der Waals surface area contributed by atoms with Crippen LogP contribution in [0.2, 0.25) is 0 Å². The molecule has 2 rings (SSSR count). The number of carbonyl (C=O) groups is 2. The van der Waals surface area contributed by atoms with E-state index in [1.165, 1.54) is 0 Å². The second-order valence-corrected chi connectivity index (χ2v) is 3.16. The average molecular weight is 155 g/mol. The van der Waals surface area contributed by atoms with Crippen LogP contribution in [0.25, 0.3) is 0 Å². The molecule has 2 saturated heterocycles. The molecule has 2 N–H and O–H groups in total. The van der Waals surface area contributed by atoms with Gasteiger partial charge < -0.3 is 10.2 Å². The molecule has 0 aromatic heterocycles. The lowest BCUT2D eigenvalue weighted by Crippen LogP contribution is -2.69. The zero-order valence-corrected chi connectivity index (χ0v) is 6.18. The highest BCUT2D eigenvalue weighted by atomic mass is 16.2. The largest absolute Gasteiger partial charge is 0.322 e. The predicted molar refractivity (Wildman–Crippen MR) is 36.9 cm³/mol. The summed E-state index contributed by atoms with van der Waals surface area (Å²) >= 11 is 0. The highest BCUT2D eigenvalue weighted by Gasteiger charge is 2.53. The van der Waals surface area contributed by atoms with Crippen LogP contribution in [0.15, 0.2) is 0 Å². The van der Waals surface area contributed by atoms with E-state index in [1.54, 1.807) is 0 Å². The summed E-state index contributed by atoms with van der Waals surface area (Å²) in [6.45, 7) is 1.23. The molecule has 0 aliphatic carbocycles. The van der Waals surface area contributed by atoms with E-state index in [2.05, 4.69) is 10.6 Å². The fourth-order valence-corrected chi connectivity index (χ4v) is 1.63. The number of carbonyl (C=O) groups excluding carboxylic acids is 2. The molecule has 1 spiro atoms. The van der Waals surface area contributed by atoms with Crippen LogP contribution >= 0.6 is 0 Å². The molecule has 0 atom stereocenters. The highest BCUT2D eigenvalue weighted by Crippen LogP contribution is 2.21. The first-order valence-corrected chi connectivity index (χ1v) is 3.45. The van der Waals surface area contributed by atoms with E-state index in [1.807, 2.05) is 11.9 Å². The van der Waals surface area contributed by atoms with Crippen LogP contribution in [0.3, 0.4) is 0 Å². The maximum atomic E-state index is 11.1. The predicted octanol–water partition coefficient (Wildman–Crippen LogP) is -1.49. The minimum absolute atomic E-state index is 0.194. The van der Waals surface area contributed by atoms with Crippen LogP contribution in [0.1, 0.15) is 0 Å². The molecule has 0 aromatic carbocycles. The first-order valence-electron chi connectivity index (χ1n) is 3.45. The number of urea groups is 1. The summed E-state index contributed by atoms with van der Waals surface area (Å²) in [6, 6.07) is -0.372. The third kappa shape index (κ3) is 0.742. The Hall–Kier alpha value is -1.10. The van der Waals surface area contributed by atoms with E-state index in [9.17, 15) is 9.59 Å². The Balaban J connectivity index is 2.16. The van der Waals surface area contributed by atoms with Gasteiger partial charge in [-0.25, -0.2) is 4.79 Å². The number of rotatable bonds is 0. The van der Waals surface area contributed by atoms with Crippen molar-refractivity contribution in [1.82, 2.24) is 15.5 Å². The Morgan fingerprint density at radius 1 is 1.45 bits per heavy atom. The van der Waals surface area contributed by atoms with Gasteiger partial charge in [0.15, 0.2) is 0 Å². The maximum absolute atomic E-state index is 11.1. The molecule has 2 aliphatic heterocycles. The van der Waals surface area contributed by atoms with Gasteiger partial charge in [-0.3, -0.25) is 10.1 Å². The monoisotopic (exact) mass is 155 g/mol. The maximum Gasteiger partial charge on any atom is 0.322 e. The van der Waals surface area contributed by atoms with Crippen LogP contribution < -0.4 is 10.6 Å². The van der Waals surface area contributed by atoms with Crippen molar-refractivity contribution in [2.45, 2.75) is 5.54 Å². The third-order valence-corrected chi connectivity index (χ3v) is 2.09. The number of likely N-dealkylation sites (tertiary alicyclic amines) is 1. The zero-order chi connectivity index (χ0) is 8.06. The van der Waals surface area contributed by atoms with Crippen LogP contribution in [0.4, 0.5) is 4.79 Å². The second-order valence-electron chi connectivity index (χ2n) is 3.16. The molecular weight excluding hydrogens is 146 g/mol. The Bertz CT molecular complexity index is 232. The normalized spacial score (nSPS) is 28.1. The van der Waals surface area contributed by atoms with Gasteiger partial charge in [-0.05, 0) is 7.05 Å². The van der Waals surface area contributed by atoms with Crippen molar-refractivity contribution in [2.24, 2.45) is 0 Å². The molecule has 3 amide bonds. The molecular formula is C6H9N3O2. The van der Waals surface area contributed by atoms with Gasteiger partial charge in [0, 0.05) is 13.1 Å². The fraction of sp³-hybridized carbons (Fsp3) is 0.667. The van der Waals surface area contributed by atoms with E-state index in [-0.39, 0.29) is 11.9 Å². The number of nitrogens with zero attached hydrogens (tertiary/aromatic N) is 1. The van der Waals surface area contributed by atoms with Gasteiger partial charge in [0.25, 0.3) is 5.91 Å². The third-order valence-electron chi connectivity index (χ3n) is 2.09. The summed E-state index contributed by atoms with van der Waals surface area (Å²) in [5.41, 5.74) is -0.605. The minimum atomic E-state index is -0.605. The molecule has 0 saturated carbocycles. The van der Waals surface area contributed by atoms with Crippen LogP contribution in [0, 0.1) is 0 Å². The topological polar surface area (TPSA) is 61.4 Å². The van der Waals surface area contributed by atoms with Gasteiger partial charge in [0.2, 0.25) is 0 Å². The number of hydrogen-bond acceptors (Lipinski definition) is 3. The molecule has 0 bridgehead atoms. The molecule has 60 valence electrons. The molecule has 11 heavy (non-hydrogen) atoms. The average Bonchev–Trinajstić information content (AvgIpc) is 2.06. The fourth-order valence-electron chi connectivity index (χ4n) is 1.63. The molecule has 2 aliphatic rings. The SMILES string of the molecule is CN1CC2(C1)NC(=O)NC2=O. The van der Waals surface area contributed by atoms with Crippen molar-refractivity contribution in [1.29, 1.82) is 0 Å². The molecule has 5 nitrogen and oxygen atoms in total. The van der Waals surface area contributed by atoms with E-state index in [0.29, 0.717) is 13.1 Å². The summed E-state index contributed by atoms with van der Waals surface area (Å²) in [6.07, 6.45) is 0. The molecule has 0 radical (unpaired) electrons. The van der Waals surface area contributed by atoms with Crippen LogP contribution in [-0.4, -0.2) is 42.5 Å². The second kappa shape index (κ2) is 1.73. The summed E-state index contributed by atoms with van der Waals surface area (Å²) in [4.78, 5) is 23.8. The van der Waals surface area contributed by atoms with Gasteiger partial charge in [0.05, 0.1) is 0 Å². The van der Waals surface area contributed by atoms with Crippen molar-refractivity contribution in [3.05, 3.63) is 0 Å². The molecule has 2 heterocycles. The quantitative estimate of drug-likeness (QED) is 0.419. The Morgan fingerprint density at radius 2 is 2.09 bits per heavy atom. The number of hydrogen-bond donors (Lipinski definition) is 2. The number of imide groups is 1. The van der Waals surface area contributed by atoms with E-state index >= 15 is 0 Å². The smallest absolute Gasteiger partial charge is 0.321 e. The van der Waals surface area contributed by atoms with E-state index in [4.69, 9.17) is 0 Å². The van der Waals surface area contributed by atoms with E-state index < -0.39 is 5.54 Å². The summed E-state index contributed by atoms with van der Waals surface area (Å²) in [7, 11) is 1.91. The van der Waals surface area contributed by atoms with E-state index in [0.717, 1.165) is 0 Å². The van der Waals surface area contributed by atoms with Crippen molar-refractivity contribution < 1.29 is 9.59 Å². The zero-order valence-electron chi connectivity index (χ0n) is 6.18. The molecule has 0 unspecified atom stereocenters. The van der Waals surface area contributed by atoms with Crippen LogP contribution in [0.5, 0.6) is 0 Å². The minimum Gasteiger partial charge on any atom is -0.321 e. The van der Waals surface area contributed by atoms with Gasteiger partial charge in [0.1, 0.15) is 5.54 Å². The first-order chi connectivity index (χ1) is 5.12. The van der Waals surface area contributed by atoms with Gasteiger partial charge in [-0.1, -0.05) is 0 Å². The number of nitrogens with one attached hydrogen (secondary N) is 2.